The SMILES string of the molecule is N#CCC[N+]1=CC(C(=O)CSc2n[nH]c(-c3ccc(Cl)cc3)n2)c2ccccc21. The first kappa shape index (κ1) is 19.4. The second kappa shape index (κ2) is 8.60. The van der Waals surface area contributed by atoms with Gasteiger partial charge in [0, 0.05) is 22.2 Å². The van der Waals surface area contributed by atoms with E-state index in [1.807, 2.05) is 47.2 Å². The second-order valence-corrected chi connectivity index (χ2v) is 7.89. The van der Waals surface area contributed by atoms with Crippen LogP contribution in [0.1, 0.15) is 17.9 Å². The van der Waals surface area contributed by atoms with Crippen molar-refractivity contribution in [3.05, 3.63) is 59.1 Å². The number of carbonyl (C=O) groups excluding carboxylic acids is 1. The summed E-state index contributed by atoms with van der Waals surface area (Å²) < 4.78 is 2.00. The summed E-state index contributed by atoms with van der Waals surface area (Å²) >= 11 is 7.22. The Kier molecular flexibility index (Phi) is 5.74. The third kappa shape index (κ3) is 4.24. The Balaban J connectivity index is 1.44. The van der Waals surface area contributed by atoms with E-state index in [2.05, 4.69) is 21.3 Å². The van der Waals surface area contributed by atoms with Gasteiger partial charge >= 0.3 is 0 Å². The maximum absolute atomic E-state index is 12.9. The van der Waals surface area contributed by atoms with Crippen LogP contribution >= 0.6 is 23.4 Å². The molecular weight excluding hydrogens is 406 g/mol. The number of nitrogens with zero attached hydrogens (tertiary/aromatic N) is 4. The fourth-order valence-corrected chi connectivity index (χ4v) is 4.09. The van der Waals surface area contributed by atoms with Crippen molar-refractivity contribution in [2.45, 2.75) is 17.5 Å². The van der Waals surface area contributed by atoms with Crippen LogP contribution in [0.15, 0.2) is 53.7 Å². The molecule has 0 saturated carbocycles. The Morgan fingerprint density at radius 1 is 1.24 bits per heavy atom. The number of rotatable bonds is 7. The van der Waals surface area contributed by atoms with E-state index in [-0.39, 0.29) is 17.5 Å². The van der Waals surface area contributed by atoms with E-state index in [1.54, 1.807) is 12.1 Å². The molecule has 0 amide bonds. The summed E-state index contributed by atoms with van der Waals surface area (Å²) in [6.07, 6.45) is 2.33. The second-order valence-electron chi connectivity index (χ2n) is 6.52. The number of ketones is 1. The summed E-state index contributed by atoms with van der Waals surface area (Å²) in [5.74, 6) is 0.670. The zero-order valence-corrected chi connectivity index (χ0v) is 17.0. The van der Waals surface area contributed by atoms with Crippen molar-refractivity contribution in [2.75, 3.05) is 12.3 Å². The van der Waals surface area contributed by atoms with E-state index < -0.39 is 0 Å². The number of aromatic amines is 1. The predicted octanol–water partition coefficient (Wildman–Crippen LogP) is 4.21. The molecule has 2 heterocycles. The Labute approximate surface area is 177 Å². The highest BCUT2D eigenvalue weighted by molar-refractivity contribution is 7.99. The number of halogens is 1. The minimum atomic E-state index is -0.313. The molecule has 1 aliphatic rings. The quantitative estimate of drug-likeness (QED) is 0.455. The normalized spacial score (nSPS) is 14.9. The largest absolute Gasteiger partial charge is 0.297 e. The first-order valence-electron chi connectivity index (χ1n) is 9.07. The lowest BCUT2D eigenvalue weighted by Gasteiger charge is -2.03. The van der Waals surface area contributed by atoms with Crippen molar-refractivity contribution < 1.29 is 9.37 Å². The molecule has 144 valence electrons. The Morgan fingerprint density at radius 2 is 2.03 bits per heavy atom. The molecule has 2 aromatic carbocycles. The molecule has 4 rings (SSSR count). The number of benzene rings is 2. The Hall–Kier alpha value is -2.95. The van der Waals surface area contributed by atoms with E-state index in [1.165, 1.54) is 11.8 Å². The average Bonchev–Trinajstić information content (AvgIpc) is 3.36. The molecule has 8 heteroatoms. The van der Waals surface area contributed by atoms with E-state index in [0.29, 0.717) is 29.0 Å². The van der Waals surface area contributed by atoms with Gasteiger partial charge in [-0.05, 0) is 24.3 Å². The smallest absolute Gasteiger partial charge is 0.209 e. The molecule has 3 aromatic rings. The van der Waals surface area contributed by atoms with E-state index in [4.69, 9.17) is 16.9 Å². The van der Waals surface area contributed by atoms with E-state index >= 15 is 0 Å². The number of hydrogen-bond donors (Lipinski definition) is 1. The van der Waals surface area contributed by atoms with Crippen LogP contribution in [-0.2, 0) is 4.79 Å². The van der Waals surface area contributed by atoms with Crippen molar-refractivity contribution >= 4 is 41.0 Å². The standard InChI is InChI=1S/C21H17ClN5OS/c22-15-8-6-14(7-9-15)20-24-21(26-25-20)29-13-19(28)17-12-27(11-3-10-23)18-5-2-1-4-16(17)18/h1-2,4-9,12,17H,3,11,13H2,(H,24,25,26)/q+1. The van der Waals surface area contributed by atoms with Crippen LogP contribution in [0.5, 0.6) is 0 Å². The summed E-state index contributed by atoms with van der Waals surface area (Å²) in [6.45, 7) is 0.579. The molecule has 0 aliphatic carbocycles. The summed E-state index contributed by atoms with van der Waals surface area (Å²) in [5, 5.41) is 17.2. The molecular formula is C21H17ClN5OS+. The van der Waals surface area contributed by atoms with Crippen LogP contribution in [0, 0.1) is 11.3 Å². The Bertz CT molecular complexity index is 1120. The van der Waals surface area contributed by atoms with Crippen LogP contribution in [0.4, 0.5) is 5.69 Å². The summed E-state index contributed by atoms with van der Waals surface area (Å²) in [7, 11) is 0. The summed E-state index contributed by atoms with van der Waals surface area (Å²) in [5.41, 5.74) is 2.85. The first-order chi connectivity index (χ1) is 14.2. The molecule has 1 aromatic heterocycles. The van der Waals surface area contributed by atoms with Crippen molar-refractivity contribution in [3.63, 3.8) is 0 Å². The lowest BCUT2D eigenvalue weighted by Crippen LogP contribution is -2.15. The zero-order chi connectivity index (χ0) is 20.2. The van der Waals surface area contributed by atoms with Gasteiger partial charge < -0.3 is 0 Å². The fraction of sp³-hybridized carbons (Fsp3) is 0.190. The number of carbonyl (C=O) groups is 1. The van der Waals surface area contributed by atoms with Crippen molar-refractivity contribution in [1.82, 2.24) is 15.2 Å². The number of thioether (sulfide) groups is 1. The third-order valence-electron chi connectivity index (χ3n) is 4.65. The number of para-hydroxylation sites is 1. The highest BCUT2D eigenvalue weighted by Gasteiger charge is 2.34. The molecule has 1 atom stereocenters. The van der Waals surface area contributed by atoms with Crippen LogP contribution in [0.3, 0.4) is 0 Å². The number of H-pyrrole nitrogens is 1. The molecule has 1 N–H and O–H groups in total. The highest BCUT2D eigenvalue weighted by Crippen LogP contribution is 2.33. The maximum atomic E-state index is 12.9. The minimum absolute atomic E-state index is 0.0831. The molecule has 0 bridgehead atoms. The lowest BCUT2D eigenvalue weighted by atomic mass is 9.98. The number of fused-ring (bicyclic) bond motifs is 1. The summed E-state index contributed by atoms with van der Waals surface area (Å²) in [4.78, 5) is 17.3. The molecule has 0 radical (unpaired) electrons. The highest BCUT2D eigenvalue weighted by atomic mass is 35.5. The number of Topliss-reactive ketones (excluding diaryl/α,β-unsaturated/α-hetero) is 1. The van der Waals surface area contributed by atoms with Crippen molar-refractivity contribution in [2.24, 2.45) is 0 Å². The third-order valence-corrected chi connectivity index (χ3v) is 5.77. The molecule has 0 spiro atoms. The van der Waals surface area contributed by atoms with Crippen LogP contribution < -0.4 is 0 Å². The van der Waals surface area contributed by atoms with Gasteiger partial charge in [-0.25, -0.2) is 9.56 Å². The summed E-state index contributed by atoms with van der Waals surface area (Å²) in [6, 6.07) is 17.3. The van der Waals surface area contributed by atoms with Gasteiger partial charge in [-0.3, -0.25) is 9.89 Å². The zero-order valence-electron chi connectivity index (χ0n) is 15.4. The van der Waals surface area contributed by atoms with Crippen LogP contribution in [-0.4, -0.2) is 44.1 Å². The lowest BCUT2D eigenvalue weighted by molar-refractivity contribution is -0.431. The van der Waals surface area contributed by atoms with Gasteiger partial charge in [0.1, 0.15) is 5.92 Å². The van der Waals surface area contributed by atoms with Crippen molar-refractivity contribution in [1.29, 1.82) is 5.26 Å². The van der Waals surface area contributed by atoms with Crippen molar-refractivity contribution in [3.8, 4) is 17.5 Å². The number of nitrogens with one attached hydrogen (secondary N) is 1. The molecule has 0 saturated heterocycles. The van der Waals surface area contributed by atoms with Gasteiger partial charge in [0.05, 0.1) is 18.2 Å². The van der Waals surface area contributed by atoms with E-state index in [0.717, 1.165) is 16.8 Å². The molecule has 0 fully saturated rings. The van der Waals surface area contributed by atoms with Crippen LogP contribution in [0.25, 0.3) is 11.4 Å². The average molecular weight is 423 g/mol. The van der Waals surface area contributed by atoms with Gasteiger partial charge in [-0.15, -0.1) is 5.10 Å². The maximum Gasteiger partial charge on any atom is 0.209 e. The fourth-order valence-electron chi connectivity index (χ4n) is 3.25. The first-order valence-corrected chi connectivity index (χ1v) is 10.4. The number of hydrogen-bond acceptors (Lipinski definition) is 5. The molecule has 6 nitrogen and oxygen atoms in total. The van der Waals surface area contributed by atoms with Gasteiger partial charge in [0.25, 0.3) is 0 Å². The molecule has 29 heavy (non-hydrogen) atoms. The van der Waals surface area contributed by atoms with Gasteiger partial charge in [0.2, 0.25) is 10.8 Å². The number of aromatic nitrogens is 3. The minimum Gasteiger partial charge on any atom is -0.297 e. The Morgan fingerprint density at radius 3 is 2.83 bits per heavy atom. The monoisotopic (exact) mass is 422 g/mol. The predicted molar refractivity (Wildman–Crippen MR) is 113 cm³/mol. The van der Waals surface area contributed by atoms with Crippen LogP contribution in [0.2, 0.25) is 5.02 Å². The van der Waals surface area contributed by atoms with E-state index in [9.17, 15) is 4.79 Å². The topological polar surface area (TPSA) is 85.4 Å². The molecule has 1 unspecified atom stereocenters. The van der Waals surface area contributed by atoms with Gasteiger partial charge in [-0.1, -0.05) is 41.6 Å². The van der Waals surface area contributed by atoms with Gasteiger partial charge in [-0.2, -0.15) is 5.26 Å². The number of nitriles is 1. The van der Waals surface area contributed by atoms with Gasteiger partial charge in [0.15, 0.2) is 24.4 Å². The molecule has 1 aliphatic heterocycles.